The van der Waals surface area contributed by atoms with Gasteiger partial charge in [-0.15, -0.1) is 0 Å². The van der Waals surface area contributed by atoms with Gasteiger partial charge in [-0.3, -0.25) is 4.79 Å². The number of amides is 1. The Morgan fingerprint density at radius 1 is 1.35 bits per heavy atom. The average Bonchev–Trinajstić information content (AvgIpc) is 3.00. The zero-order chi connectivity index (χ0) is 13.5. The van der Waals surface area contributed by atoms with Crippen molar-refractivity contribution < 1.29 is 9.53 Å². The van der Waals surface area contributed by atoms with Gasteiger partial charge >= 0.3 is 0 Å². The van der Waals surface area contributed by atoms with Crippen LogP contribution in [0.5, 0.6) is 0 Å². The minimum atomic E-state index is 0.0897. The van der Waals surface area contributed by atoms with Gasteiger partial charge in [0.1, 0.15) is 11.9 Å². The number of aromatic amines is 1. The van der Waals surface area contributed by atoms with Crippen LogP contribution in [0, 0.1) is 5.92 Å². The molecule has 1 atom stereocenters. The lowest BCUT2D eigenvalue weighted by atomic mass is 10.2. The Bertz CT molecular complexity index is 654. The maximum atomic E-state index is 11.8. The van der Waals surface area contributed by atoms with Crippen molar-refractivity contribution in [1.82, 2.24) is 9.97 Å². The molecule has 0 radical (unpaired) electrons. The first-order valence-electron chi connectivity index (χ1n) is 7.22. The quantitative estimate of drug-likeness (QED) is 0.902. The van der Waals surface area contributed by atoms with E-state index in [1.54, 1.807) is 0 Å². The first-order valence-corrected chi connectivity index (χ1v) is 7.22. The molecule has 2 heterocycles. The monoisotopic (exact) mass is 271 g/mol. The molecule has 1 saturated carbocycles. The molecule has 5 nitrogen and oxygen atoms in total. The van der Waals surface area contributed by atoms with Crippen molar-refractivity contribution in [2.75, 3.05) is 11.9 Å². The molecule has 2 aromatic rings. The van der Waals surface area contributed by atoms with Crippen molar-refractivity contribution in [2.24, 2.45) is 5.92 Å². The van der Waals surface area contributed by atoms with Gasteiger partial charge in [0.15, 0.2) is 0 Å². The number of ether oxygens (including phenoxy) is 1. The first-order chi connectivity index (χ1) is 9.79. The van der Waals surface area contributed by atoms with Gasteiger partial charge in [-0.05, 0) is 43.9 Å². The van der Waals surface area contributed by atoms with Crippen LogP contribution in [0.3, 0.4) is 0 Å². The molecule has 2 aliphatic rings. The highest BCUT2D eigenvalue weighted by molar-refractivity contribution is 5.95. The molecule has 2 N–H and O–H groups in total. The number of benzene rings is 1. The van der Waals surface area contributed by atoms with E-state index < -0.39 is 0 Å². The predicted molar refractivity (Wildman–Crippen MR) is 75.4 cm³/mol. The zero-order valence-corrected chi connectivity index (χ0v) is 11.2. The fraction of sp³-hybridized carbons (Fsp3) is 0.467. The smallest absolute Gasteiger partial charge is 0.227 e. The number of H-pyrrole nitrogens is 1. The molecule has 4 rings (SSSR count). The number of hydrogen-bond donors (Lipinski definition) is 2. The Morgan fingerprint density at radius 2 is 2.25 bits per heavy atom. The summed E-state index contributed by atoms with van der Waals surface area (Å²) < 4.78 is 5.64. The highest BCUT2D eigenvalue weighted by Crippen LogP contribution is 2.31. The van der Waals surface area contributed by atoms with Gasteiger partial charge in [-0.2, -0.15) is 0 Å². The lowest BCUT2D eigenvalue weighted by Crippen LogP contribution is -2.12. The van der Waals surface area contributed by atoms with Gasteiger partial charge in [0.05, 0.1) is 11.0 Å². The van der Waals surface area contributed by atoms with Gasteiger partial charge in [0, 0.05) is 18.2 Å². The number of carbonyl (C=O) groups is 1. The van der Waals surface area contributed by atoms with Gasteiger partial charge in [-0.25, -0.2) is 4.98 Å². The number of hydrogen-bond acceptors (Lipinski definition) is 3. The number of anilines is 1. The number of rotatable bonds is 3. The standard InChI is InChI=1S/C15H17N3O2/c19-15(9-3-4-9)16-10-5-6-11-12(8-10)18-14(17-11)13-2-1-7-20-13/h5-6,8-9,13H,1-4,7H2,(H,16,19)(H,17,18). The Kier molecular flexibility index (Phi) is 2.73. The number of aromatic nitrogens is 2. The third kappa shape index (κ3) is 2.18. The summed E-state index contributed by atoms with van der Waals surface area (Å²) >= 11 is 0. The summed E-state index contributed by atoms with van der Waals surface area (Å²) in [7, 11) is 0. The number of carbonyl (C=O) groups excluding carboxylic acids is 1. The van der Waals surface area contributed by atoms with Crippen LogP contribution in [-0.2, 0) is 9.53 Å². The summed E-state index contributed by atoms with van der Waals surface area (Å²) in [4.78, 5) is 19.6. The second-order valence-corrected chi connectivity index (χ2v) is 5.62. The fourth-order valence-corrected chi connectivity index (χ4v) is 2.64. The van der Waals surface area contributed by atoms with Gasteiger partial charge < -0.3 is 15.0 Å². The summed E-state index contributed by atoms with van der Waals surface area (Å²) in [5.74, 6) is 1.24. The lowest BCUT2D eigenvalue weighted by molar-refractivity contribution is -0.117. The molecule has 5 heteroatoms. The molecule has 1 aromatic carbocycles. The summed E-state index contributed by atoms with van der Waals surface area (Å²) in [6.07, 6.45) is 4.23. The molecule has 0 spiro atoms. The fourth-order valence-electron chi connectivity index (χ4n) is 2.64. The molecular weight excluding hydrogens is 254 g/mol. The number of imidazole rings is 1. The van der Waals surface area contributed by atoms with Crippen LogP contribution in [-0.4, -0.2) is 22.5 Å². The molecule has 1 aliphatic heterocycles. The molecule has 1 saturated heterocycles. The van der Waals surface area contributed by atoms with E-state index in [2.05, 4.69) is 15.3 Å². The minimum absolute atomic E-state index is 0.0897. The third-order valence-electron chi connectivity index (χ3n) is 3.95. The van der Waals surface area contributed by atoms with Gasteiger partial charge in [0.2, 0.25) is 5.91 Å². The Morgan fingerprint density at radius 3 is 3.00 bits per heavy atom. The normalized spacial score (nSPS) is 22.3. The van der Waals surface area contributed by atoms with Crippen molar-refractivity contribution in [3.05, 3.63) is 24.0 Å². The second-order valence-electron chi connectivity index (χ2n) is 5.62. The van der Waals surface area contributed by atoms with Crippen LogP contribution < -0.4 is 5.32 Å². The minimum Gasteiger partial charge on any atom is -0.370 e. The van der Waals surface area contributed by atoms with E-state index in [4.69, 9.17) is 4.74 Å². The van der Waals surface area contributed by atoms with E-state index in [1.807, 2.05) is 18.2 Å². The molecule has 1 aliphatic carbocycles. The highest BCUT2D eigenvalue weighted by atomic mass is 16.5. The van der Waals surface area contributed by atoms with Crippen LogP contribution in [0.25, 0.3) is 11.0 Å². The van der Waals surface area contributed by atoms with Crippen LogP contribution in [0.2, 0.25) is 0 Å². The van der Waals surface area contributed by atoms with E-state index in [9.17, 15) is 4.79 Å². The molecule has 1 amide bonds. The van der Waals surface area contributed by atoms with E-state index >= 15 is 0 Å². The SMILES string of the molecule is O=C(Nc1ccc2nc(C3CCCO3)[nH]c2c1)C1CC1. The summed E-state index contributed by atoms with van der Waals surface area (Å²) in [6.45, 7) is 0.810. The first kappa shape index (κ1) is 11.9. The van der Waals surface area contributed by atoms with Crippen molar-refractivity contribution in [2.45, 2.75) is 31.8 Å². The van der Waals surface area contributed by atoms with Crippen molar-refractivity contribution >= 4 is 22.6 Å². The van der Waals surface area contributed by atoms with E-state index in [1.165, 1.54) is 0 Å². The molecule has 20 heavy (non-hydrogen) atoms. The maximum absolute atomic E-state index is 11.8. The summed E-state index contributed by atoms with van der Waals surface area (Å²) in [5, 5.41) is 2.96. The van der Waals surface area contributed by atoms with E-state index in [-0.39, 0.29) is 17.9 Å². The van der Waals surface area contributed by atoms with Crippen LogP contribution >= 0.6 is 0 Å². The summed E-state index contributed by atoms with van der Waals surface area (Å²) in [6, 6.07) is 5.79. The number of fused-ring (bicyclic) bond motifs is 1. The zero-order valence-electron chi connectivity index (χ0n) is 11.2. The topological polar surface area (TPSA) is 67.0 Å². The number of nitrogens with zero attached hydrogens (tertiary/aromatic N) is 1. The Hall–Kier alpha value is -1.88. The Labute approximate surface area is 116 Å². The van der Waals surface area contributed by atoms with Gasteiger partial charge in [-0.1, -0.05) is 0 Å². The molecule has 0 bridgehead atoms. The Balaban J connectivity index is 1.59. The average molecular weight is 271 g/mol. The van der Waals surface area contributed by atoms with Crippen molar-refractivity contribution in [3.8, 4) is 0 Å². The number of nitrogens with one attached hydrogen (secondary N) is 2. The van der Waals surface area contributed by atoms with Crippen molar-refractivity contribution in [3.63, 3.8) is 0 Å². The maximum Gasteiger partial charge on any atom is 0.227 e. The van der Waals surface area contributed by atoms with Crippen LogP contribution in [0.15, 0.2) is 18.2 Å². The van der Waals surface area contributed by atoms with Crippen molar-refractivity contribution in [1.29, 1.82) is 0 Å². The second kappa shape index (κ2) is 4.59. The highest BCUT2D eigenvalue weighted by Gasteiger charge is 2.29. The van der Waals surface area contributed by atoms with Crippen LogP contribution in [0.1, 0.15) is 37.6 Å². The molecular formula is C15H17N3O2. The third-order valence-corrected chi connectivity index (χ3v) is 3.95. The largest absolute Gasteiger partial charge is 0.370 e. The van der Waals surface area contributed by atoms with Gasteiger partial charge in [0.25, 0.3) is 0 Å². The molecule has 2 fully saturated rings. The summed E-state index contributed by atoms with van der Waals surface area (Å²) in [5.41, 5.74) is 2.70. The predicted octanol–water partition coefficient (Wildman–Crippen LogP) is 2.76. The molecule has 1 unspecified atom stereocenters. The molecule has 104 valence electrons. The van der Waals surface area contributed by atoms with E-state index in [0.717, 1.165) is 54.8 Å². The lowest BCUT2D eigenvalue weighted by Gasteiger charge is -2.04. The molecule has 1 aromatic heterocycles. The van der Waals surface area contributed by atoms with Crippen LogP contribution in [0.4, 0.5) is 5.69 Å². The van der Waals surface area contributed by atoms with E-state index in [0.29, 0.717) is 0 Å².